The van der Waals surface area contributed by atoms with Crippen LogP contribution in [0.15, 0.2) is 18.2 Å². The minimum absolute atomic E-state index is 0.297. The van der Waals surface area contributed by atoms with Gasteiger partial charge in [-0.25, -0.2) is 9.07 Å². The first-order valence-electron chi connectivity index (χ1n) is 6.63. The molecule has 0 aliphatic heterocycles. The Morgan fingerprint density at radius 3 is 2.81 bits per heavy atom. The van der Waals surface area contributed by atoms with Crippen LogP contribution in [0, 0.1) is 17.1 Å². The molecule has 0 saturated carbocycles. The third-order valence-corrected chi connectivity index (χ3v) is 3.25. The highest BCUT2D eigenvalue weighted by Crippen LogP contribution is 2.24. The molecule has 21 heavy (non-hydrogen) atoms. The van der Waals surface area contributed by atoms with E-state index in [-0.39, 0.29) is 0 Å². The smallest absolute Gasteiger partial charge is 0.216 e. The summed E-state index contributed by atoms with van der Waals surface area (Å²) in [5, 5.41) is 16.1. The van der Waals surface area contributed by atoms with Gasteiger partial charge in [0.25, 0.3) is 0 Å². The summed E-state index contributed by atoms with van der Waals surface area (Å²) in [4.78, 5) is 0. The van der Waals surface area contributed by atoms with E-state index in [0.29, 0.717) is 23.7 Å². The van der Waals surface area contributed by atoms with Gasteiger partial charge in [0.2, 0.25) is 5.88 Å². The van der Waals surface area contributed by atoms with Crippen LogP contribution in [0.5, 0.6) is 5.88 Å². The monoisotopic (exact) mass is 288 g/mol. The molecule has 0 saturated heterocycles. The fraction of sp³-hybridized carbons (Fsp3) is 0.333. The topological polar surface area (TPSA) is 62.9 Å². The molecule has 5 nitrogen and oxygen atoms in total. The van der Waals surface area contributed by atoms with Crippen molar-refractivity contribution in [2.75, 3.05) is 12.4 Å². The van der Waals surface area contributed by atoms with Gasteiger partial charge in [0.1, 0.15) is 5.82 Å². The number of nitriles is 1. The molecule has 0 radical (unpaired) electrons. The van der Waals surface area contributed by atoms with E-state index in [4.69, 9.17) is 10.00 Å². The number of methoxy groups -OCH3 is 1. The lowest BCUT2D eigenvalue weighted by Gasteiger charge is -2.09. The van der Waals surface area contributed by atoms with Crippen molar-refractivity contribution in [1.82, 2.24) is 9.78 Å². The Morgan fingerprint density at radius 1 is 1.48 bits per heavy atom. The van der Waals surface area contributed by atoms with E-state index in [9.17, 15) is 4.39 Å². The molecule has 0 atom stereocenters. The molecule has 6 heteroatoms. The first kappa shape index (κ1) is 14.9. The number of aryl methyl sites for hydroxylation is 2. The van der Waals surface area contributed by atoms with Gasteiger partial charge in [-0.2, -0.15) is 10.4 Å². The van der Waals surface area contributed by atoms with Gasteiger partial charge in [-0.3, -0.25) is 0 Å². The third-order valence-electron chi connectivity index (χ3n) is 3.25. The maximum Gasteiger partial charge on any atom is 0.216 e. The SMILES string of the molecule is CCc1nn(C)c(OC)c1CNc1ccc(C#N)cc1F. The van der Waals surface area contributed by atoms with E-state index >= 15 is 0 Å². The van der Waals surface area contributed by atoms with Gasteiger partial charge < -0.3 is 10.1 Å². The molecule has 0 bridgehead atoms. The Morgan fingerprint density at radius 2 is 2.24 bits per heavy atom. The number of anilines is 1. The molecule has 0 aliphatic rings. The molecule has 0 fully saturated rings. The van der Waals surface area contributed by atoms with Gasteiger partial charge in [0, 0.05) is 13.6 Å². The summed E-state index contributed by atoms with van der Waals surface area (Å²) in [5.74, 6) is 0.211. The quantitative estimate of drug-likeness (QED) is 0.918. The third kappa shape index (κ3) is 2.97. The zero-order valence-corrected chi connectivity index (χ0v) is 12.3. The molecule has 0 aliphatic carbocycles. The Balaban J connectivity index is 2.22. The minimum atomic E-state index is -0.449. The molecule has 2 rings (SSSR count). The number of nitrogens with zero attached hydrogens (tertiary/aromatic N) is 3. The fourth-order valence-corrected chi connectivity index (χ4v) is 2.23. The molecule has 0 spiro atoms. The summed E-state index contributed by atoms with van der Waals surface area (Å²) in [7, 11) is 3.39. The molecule has 110 valence electrons. The average Bonchev–Trinajstić information content (AvgIpc) is 2.80. The second-order valence-corrected chi connectivity index (χ2v) is 4.57. The van der Waals surface area contributed by atoms with Crippen LogP contribution < -0.4 is 10.1 Å². The van der Waals surface area contributed by atoms with Gasteiger partial charge in [-0.05, 0) is 24.6 Å². The van der Waals surface area contributed by atoms with Crippen LogP contribution in [0.2, 0.25) is 0 Å². The highest BCUT2D eigenvalue weighted by Gasteiger charge is 2.15. The number of hydrogen-bond donors (Lipinski definition) is 1. The van der Waals surface area contributed by atoms with Crippen molar-refractivity contribution < 1.29 is 9.13 Å². The minimum Gasteiger partial charge on any atom is -0.481 e. The fourth-order valence-electron chi connectivity index (χ4n) is 2.23. The van der Waals surface area contributed by atoms with Crippen LogP contribution in [-0.4, -0.2) is 16.9 Å². The van der Waals surface area contributed by atoms with E-state index in [0.717, 1.165) is 17.7 Å². The zero-order valence-electron chi connectivity index (χ0n) is 12.3. The number of benzene rings is 1. The number of rotatable bonds is 5. The highest BCUT2D eigenvalue weighted by molar-refractivity contribution is 5.50. The Labute approximate surface area is 123 Å². The summed E-state index contributed by atoms with van der Waals surface area (Å²) in [6.45, 7) is 2.41. The second-order valence-electron chi connectivity index (χ2n) is 4.57. The van der Waals surface area contributed by atoms with Crippen molar-refractivity contribution in [3.05, 3.63) is 40.8 Å². The molecule has 0 amide bonds. The van der Waals surface area contributed by atoms with E-state index in [1.807, 2.05) is 20.0 Å². The number of ether oxygens (including phenoxy) is 1. The Hall–Kier alpha value is -2.55. The molecule has 2 aromatic rings. The molecule has 1 aromatic heterocycles. The Kier molecular flexibility index (Phi) is 4.43. The van der Waals surface area contributed by atoms with Crippen LogP contribution in [0.1, 0.15) is 23.7 Å². The van der Waals surface area contributed by atoms with E-state index in [1.54, 1.807) is 23.9 Å². The number of hydrogen-bond acceptors (Lipinski definition) is 4. The predicted molar refractivity (Wildman–Crippen MR) is 77.6 cm³/mol. The Bertz CT molecular complexity index is 688. The normalized spacial score (nSPS) is 10.2. The molecular weight excluding hydrogens is 271 g/mol. The summed E-state index contributed by atoms with van der Waals surface area (Å²) in [6.07, 6.45) is 0.768. The van der Waals surface area contributed by atoms with Crippen molar-refractivity contribution in [1.29, 1.82) is 5.26 Å². The summed E-state index contributed by atoms with van der Waals surface area (Å²) in [5.41, 5.74) is 2.47. The second kappa shape index (κ2) is 6.27. The van der Waals surface area contributed by atoms with Crippen LogP contribution in [-0.2, 0) is 20.0 Å². The van der Waals surface area contributed by atoms with Crippen molar-refractivity contribution in [2.45, 2.75) is 19.9 Å². The highest BCUT2D eigenvalue weighted by atomic mass is 19.1. The summed E-state index contributed by atoms with van der Waals surface area (Å²) >= 11 is 0. The first-order valence-corrected chi connectivity index (χ1v) is 6.63. The predicted octanol–water partition coefficient (Wildman–Crippen LogP) is 2.61. The molecular formula is C15H17FN4O. The van der Waals surface area contributed by atoms with Gasteiger partial charge in [0.15, 0.2) is 0 Å². The largest absolute Gasteiger partial charge is 0.481 e. The summed E-state index contributed by atoms with van der Waals surface area (Å²) < 4.78 is 20.9. The molecule has 1 N–H and O–H groups in total. The zero-order chi connectivity index (χ0) is 15.4. The van der Waals surface area contributed by atoms with Crippen LogP contribution >= 0.6 is 0 Å². The molecule has 1 aromatic carbocycles. The summed E-state index contributed by atoms with van der Waals surface area (Å²) in [6, 6.07) is 6.25. The maximum absolute atomic E-state index is 13.8. The van der Waals surface area contributed by atoms with E-state index in [1.165, 1.54) is 6.07 Å². The van der Waals surface area contributed by atoms with E-state index in [2.05, 4.69) is 10.4 Å². The lowest BCUT2D eigenvalue weighted by atomic mass is 10.1. The van der Waals surface area contributed by atoms with Gasteiger partial charge in [0.05, 0.1) is 35.7 Å². The lowest BCUT2D eigenvalue weighted by Crippen LogP contribution is -2.05. The first-order chi connectivity index (χ1) is 10.1. The molecule has 1 heterocycles. The van der Waals surface area contributed by atoms with Crippen LogP contribution in [0.25, 0.3) is 0 Å². The van der Waals surface area contributed by atoms with Crippen molar-refractivity contribution in [3.63, 3.8) is 0 Å². The lowest BCUT2D eigenvalue weighted by molar-refractivity contribution is 0.369. The number of halogens is 1. The van der Waals surface area contributed by atoms with Crippen LogP contribution in [0.4, 0.5) is 10.1 Å². The molecule has 0 unspecified atom stereocenters. The maximum atomic E-state index is 13.8. The van der Waals surface area contributed by atoms with E-state index < -0.39 is 5.82 Å². The van der Waals surface area contributed by atoms with Crippen LogP contribution in [0.3, 0.4) is 0 Å². The average molecular weight is 288 g/mol. The van der Waals surface area contributed by atoms with Gasteiger partial charge in [-0.15, -0.1) is 0 Å². The standard InChI is InChI=1S/C15H17FN4O/c1-4-13-11(15(21-3)20(2)19-13)9-18-14-6-5-10(8-17)7-12(14)16/h5-7,18H,4,9H2,1-3H3. The number of aromatic nitrogens is 2. The van der Waals surface area contributed by atoms with Gasteiger partial charge >= 0.3 is 0 Å². The number of nitrogens with one attached hydrogen (secondary N) is 1. The van der Waals surface area contributed by atoms with Crippen molar-refractivity contribution in [3.8, 4) is 11.9 Å². The van der Waals surface area contributed by atoms with Gasteiger partial charge in [-0.1, -0.05) is 6.92 Å². The van der Waals surface area contributed by atoms with Crippen molar-refractivity contribution in [2.24, 2.45) is 7.05 Å². The van der Waals surface area contributed by atoms with Crippen molar-refractivity contribution >= 4 is 5.69 Å².